The van der Waals surface area contributed by atoms with E-state index in [0.29, 0.717) is 12.1 Å². The summed E-state index contributed by atoms with van der Waals surface area (Å²) in [5.74, 6) is 0.790. The Morgan fingerprint density at radius 3 is 2.00 bits per heavy atom. The Hall–Kier alpha value is -1.60. The number of rotatable bonds is 2. The SMILES string of the molecule is C[C@H]1CCCC[C@@H]1NC1c2ccccc2-c2ccccc21. The summed E-state index contributed by atoms with van der Waals surface area (Å²) in [5.41, 5.74) is 5.73. The molecule has 0 spiro atoms. The Balaban J connectivity index is 1.71. The van der Waals surface area contributed by atoms with Crippen LogP contribution in [0.1, 0.15) is 49.8 Å². The largest absolute Gasteiger partial charge is 0.303 e. The Bertz CT molecular complexity index is 600. The van der Waals surface area contributed by atoms with Gasteiger partial charge in [-0.2, -0.15) is 0 Å². The molecular formula is C20H23N. The monoisotopic (exact) mass is 277 g/mol. The third kappa shape index (κ3) is 2.20. The van der Waals surface area contributed by atoms with Crippen LogP contribution in [0.4, 0.5) is 0 Å². The third-order valence-electron chi connectivity index (χ3n) is 5.33. The lowest BCUT2D eigenvalue weighted by molar-refractivity contribution is 0.269. The van der Waals surface area contributed by atoms with E-state index in [2.05, 4.69) is 60.8 Å². The number of fused-ring (bicyclic) bond motifs is 3. The van der Waals surface area contributed by atoms with Gasteiger partial charge in [-0.25, -0.2) is 0 Å². The minimum absolute atomic E-state index is 0.378. The van der Waals surface area contributed by atoms with E-state index in [9.17, 15) is 0 Å². The van der Waals surface area contributed by atoms with Gasteiger partial charge in [-0.1, -0.05) is 68.3 Å². The lowest BCUT2D eigenvalue weighted by Crippen LogP contribution is -2.39. The molecule has 2 aliphatic rings. The number of benzene rings is 2. The summed E-state index contributed by atoms with van der Waals surface area (Å²) in [6.45, 7) is 2.41. The van der Waals surface area contributed by atoms with Crippen molar-refractivity contribution in [1.82, 2.24) is 5.32 Å². The topological polar surface area (TPSA) is 12.0 Å². The smallest absolute Gasteiger partial charge is 0.0591 e. The summed E-state index contributed by atoms with van der Waals surface area (Å²) < 4.78 is 0. The molecule has 2 aromatic carbocycles. The Kier molecular flexibility index (Phi) is 3.31. The number of hydrogen-bond donors (Lipinski definition) is 1. The zero-order chi connectivity index (χ0) is 14.2. The van der Waals surface area contributed by atoms with Crippen LogP contribution in [0.15, 0.2) is 48.5 Å². The van der Waals surface area contributed by atoms with Crippen molar-refractivity contribution in [3.63, 3.8) is 0 Å². The van der Waals surface area contributed by atoms with Gasteiger partial charge < -0.3 is 5.32 Å². The van der Waals surface area contributed by atoms with Crippen molar-refractivity contribution >= 4 is 0 Å². The third-order valence-corrected chi connectivity index (χ3v) is 5.33. The van der Waals surface area contributed by atoms with Crippen molar-refractivity contribution in [2.45, 2.75) is 44.7 Å². The molecule has 2 atom stereocenters. The molecule has 108 valence electrons. The molecule has 1 heteroatoms. The molecule has 2 aliphatic carbocycles. The van der Waals surface area contributed by atoms with Crippen LogP contribution in [0.2, 0.25) is 0 Å². The van der Waals surface area contributed by atoms with Crippen molar-refractivity contribution < 1.29 is 0 Å². The predicted molar refractivity (Wildman–Crippen MR) is 88.3 cm³/mol. The van der Waals surface area contributed by atoms with Crippen LogP contribution >= 0.6 is 0 Å². The van der Waals surface area contributed by atoms with Crippen molar-refractivity contribution in [3.8, 4) is 11.1 Å². The highest BCUT2D eigenvalue weighted by Crippen LogP contribution is 2.44. The summed E-state index contributed by atoms with van der Waals surface area (Å²) in [6, 6.07) is 18.8. The minimum Gasteiger partial charge on any atom is -0.303 e. The predicted octanol–water partition coefficient (Wildman–Crippen LogP) is 4.92. The molecule has 1 nitrogen and oxygen atoms in total. The molecule has 2 aromatic rings. The van der Waals surface area contributed by atoms with Gasteiger partial charge >= 0.3 is 0 Å². The van der Waals surface area contributed by atoms with E-state index in [-0.39, 0.29) is 0 Å². The van der Waals surface area contributed by atoms with Crippen molar-refractivity contribution in [3.05, 3.63) is 59.7 Å². The molecule has 21 heavy (non-hydrogen) atoms. The molecule has 0 saturated heterocycles. The van der Waals surface area contributed by atoms with Gasteiger partial charge in [-0.3, -0.25) is 0 Å². The van der Waals surface area contributed by atoms with Gasteiger partial charge in [0.15, 0.2) is 0 Å². The van der Waals surface area contributed by atoms with Gasteiger partial charge in [0.05, 0.1) is 6.04 Å². The van der Waals surface area contributed by atoms with Gasteiger partial charge in [-0.05, 0) is 41.0 Å². The normalized spacial score (nSPS) is 24.6. The van der Waals surface area contributed by atoms with Gasteiger partial charge in [0, 0.05) is 6.04 Å². The fourth-order valence-electron chi connectivity index (χ4n) is 4.11. The first-order valence-electron chi connectivity index (χ1n) is 8.29. The summed E-state index contributed by atoms with van der Waals surface area (Å²) in [7, 11) is 0. The average molecular weight is 277 g/mol. The maximum Gasteiger partial charge on any atom is 0.0591 e. The van der Waals surface area contributed by atoms with Gasteiger partial charge in [0.2, 0.25) is 0 Å². The maximum atomic E-state index is 3.98. The van der Waals surface area contributed by atoms with E-state index in [1.165, 1.54) is 47.9 Å². The Labute approximate surface area is 127 Å². The number of hydrogen-bond acceptors (Lipinski definition) is 1. The average Bonchev–Trinajstić information content (AvgIpc) is 2.85. The summed E-state index contributed by atoms with van der Waals surface area (Å²) in [6.07, 6.45) is 5.46. The van der Waals surface area contributed by atoms with E-state index >= 15 is 0 Å². The molecule has 1 N–H and O–H groups in total. The summed E-state index contributed by atoms with van der Waals surface area (Å²) in [5, 5.41) is 3.98. The molecular weight excluding hydrogens is 254 g/mol. The minimum atomic E-state index is 0.378. The highest BCUT2D eigenvalue weighted by atomic mass is 15.0. The maximum absolute atomic E-state index is 3.98. The van der Waals surface area contributed by atoms with E-state index in [4.69, 9.17) is 0 Å². The fourth-order valence-corrected chi connectivity index (χ4v) is 4.11. The van der Waals surface area contributed by atoms with Gasteiger partial charge in [0.25, 0.3) is 0 Å². The fraction of sp³-hybridized carbons (Fsp3) is 0.400. The van der Waals surface area contributed by atoms with Crippen LogP contribution < -0.4 is 5.32 Å². The zero-order valence-corrected chi connectivity index (χ0v) is 12.7. The van der Waals surface area contributed by atoms with Crippen LogP contribution in [-0.4, -0.2) is 6.04 Å². The molecule has 0 aliphatic heterocycles. The second-order valence-corrected chi connectivity index (χ2v) is 6.64. The molecule has 4 rings (SSSR count). The highest BCUT2D eigenvalue weighted by molar-refractivity contribution is 5.78. The van der Waals surface area contributed by atoms with Crippen molar-refractivity contribution in [2.75, 3.05) is 0 Å². The molecule has 0 radical (unpaired) electrons. The van der Waals surface area contributed by atoms with Crippen molar-refractivity contribution in [1.29, 1.82) is 0 Å². The quantitative estimate of drug-likeness (QED) is 0.821. The Morgan fingerprint density at radius 1 is 0.810 bits per heavy atom. The van der Waals surface area contributed by atoms with Crippen LogP contribution in [-0.2, 0) is 0 Å². The molecule has 0 amide bonds. The van der Waals surface area contributed by atoms with E-state index in [1.54, 1.807) is 0 Å². The van der Waals surface area contributed by atoms with Crippen LogP contribution in [0.25, 0.3) is 11.1 Å². The standard InChI is InChI=1S/C20H23N/c1-14-8-2-7-13-19(14)21-20-17-11-5-3-9-15(17)16-10-4-6-12-18(16)20/h3-6,9-12,14,19-21H,2,7-8,13H2,1H3/t14-,19-/m0/s1. The molecule has 0 heterocycles. The van der Waals surface area contributed by atoms with Crippen LogP contribution in [0, 0.1) is 5.92 Å². The first-order chi connectivity index (χ1) is 10.3. The second kappa shape index (κ2) is 5.31. The molecule has 0 bridgehead atoms. The molecule has 0 aromatic heterocycles. The molecule has 1 fully saturated rings. The second-order valence-electron chi connectivity index (χ2n) is 6.64. The summed E-state index contributed by atoms with van der Waals surface area (Å²) in [4.78, 5) is 0. The van der Waals surface area contributed by atoms with E-state index in [1.807, 2.05) is 0 Å². The van der Waals surface area contributed by atoms with Crippen LogP contribution in [0.3, 0.4) is 0 Å². The van der Waals surface area contributed by atoms with E-state index in [0.717, 1.165) is 5.92 Å². The molecule has 0 unspecified atom stereocenters. The first kappa shape index (κ1) is 13.1. The summed E-state index contributed by atoms with van der Waals surface area (Å²) >= 11 is 0. The van der Waals surface area contributed by atoms with Gasteiger partial charge in [0.1, 0.15) is 0 Å². The Morgan fingerprint density at radius 2 is 1.38 bits per heavy atom. The van der Waals surface area contributed by atoms with Crippen molar-refractivity contribution in [2.24, 2.45) is 5.92 Å². The van der Waals surface area contributed by atoms with Gasteiger partial charge in [-0.15, -0.1) is 0 Å². The lowest BCUT2D eigenvalue weighted by Gasteiger charge is -2.32. The number of nitrogens with one attached hydrogen (secondary N) is 1. The van der Waals surface area contributed by atoms with Crippen LogP contribution in [0.5, 0.6) is 0 Å². The van der Waals surface area contributed by atoms with E-state index < -0.39 is 0 Å². The first-order valence-corrected chi connectivity index (χ1v) is 8.29. The lowest BCUT2D eigenvalue weighted by atomic mass is 9.85. The zero-order valence-electron chi connectivity index (χ0n) is 12.7. The molecule has 1 saturated carbocycles. The highest BCUT2D eigenvalue weighted by Gasteiger charge is 2.31.